The number of aryl methyl sites for hydroxylation is 1. The van der Waals surface area contributed by atoms with Crippen LogP contribution in [0.1, 0.15) is 92.6 Å². The van der Waals surface area contributed by atoms with Crippen LogP contribution < -0.4 is 47.1 Å². The summed E-state index contributed by atoms with van der Waals surface area (Å²) in [4.78, 5) is 101. The van der Waals surface area contributed by atoms with Gasteiger partial charge in [-0.1, -0.05) is 12.1 Å². The first kappa shape index (κ1) is 104. The number of nitriles is 1. The molecule has 118 heavy (non-hydrogen) atoms. The molecule has 1 aromatic rings. The summed E-state index contributed by atoms with van der Waals surface area (Å²) in [5, 5.41) is 122. The van der Waals surface area contributed by atoms with Gasteiger partial charge in [-0.2, -0.15) is 5.26 Å². The highest BCUT2D eigenvalue weighted by Crippen LogP contribution is 2.46. The summed E-state index contributed by atoms with van der Waals surface area (Å²) in [6.45, 7) is 8.74. The molecular weight excluding hydrogens is 1590 g/mol. The number of aliphatic hydroxyl groups excluding tert-OH is 9. The van der Waals surface area contributed by atoms with Crippen LogP contribution in [0.25, 0.3) is 0 Å². The Hall–Kier alpha value is -6.30. The third kappa shape index (κ3) is 40.6. The zero-order chi connectivity index (χ0) is 86.8. The Morgan fingerprint density at radius 1 is 0.441 bits per heavy atom. The standard InChI is InChI=1S/C74H127N10O33P/c1-47(2)84(48(3)4)118(113-24-8-19-75)117-53-12-9-52(10-13-53)11-14-57(91)76-20-29-103-34-33-102-25-18-61(95)83-74(44-107-26-15-58(92)77-21-30-104-35-38-110-71-62(80-49(5)88)68(99)65(96)54(41-85)114-71,45-108-27-16-59(93)78-22-31-105-36-39-111-72-63(81-50(6)89)69(100)66(97)55(42-86)115-72)46-109-28-17-60(94)79-23-32-106-37-40-112-73-64(82-51(7)90)70(101)67(98)56(43-87)116-73/h9-10,12-13,47-48,54-56,62-73,85-87,96-101H,8,11,14-18,20-46H2,1-7H3,(H,76,91)(H,77,92)(H,78,93)(H,79,94)(H,80,88)(H,81,89)(H,82,90)(H,83,95)/t54-,55-,56-,62-,63-,64-,65+,66+,67+,68-,69-,70-,71-,72-,73-,118?/m1/s1. The molecule has 0 bridgehead atoms. The molecule has 1 aromatic carbocycles. The van der Waals surface area contributed by atoms with E-state index >= 15 is 0 Å². The minimum Gasteiger partial charge on any atom is -0.436 e. The largest absolute Gasteiger partial charge is 0.436 e. The summed E-state index contributed by atoms with van der Waals surface area (Å²) < 4.78 is 94.3. The minimum atomic E-state index is -1.55. The van der Waals surface area contributed by atoms with Gasteiger partial charge < -0.3 is 164 Å². The van der Waals surface area contributed by atoms with Crippen molar-refractivity contribution in [3.05, 3.63) is 29.8 Å². The van der Waals surface area contributed by atoms with E-state index in [1.165, 1.54) is 20.8 Å². The molecule has 3 fully saturated rings. The van der Waals surface area contributed by atoms with Crippen LogP contribution in [0.4, 0.5) is 0 Å². The van der Waals surface area contributed by atoms with Gasteiger partial charge >= 0.3 is 8.53 Å². The van der Waals surface area contributed by atoms with Gasteiger partial charge in [0, 0.05) is 91.1 Å². The molecule has 4 rings (SSSR count). The highest BCUT2D eigenvalue weighted by atomic mass is 31.2. The molecule has 0 saturated carbocycles. The van der Waals surface area contributed by atoms with E-state index in [-0.39, 0.29) is 215 Å². The number of amides is 8. The molecule has 0 spiro atoms. The van der Waals surface area contributed by atoms with Crippen LogP contribution in [-0.4, -0.2) is 386 Å². The maximum absolute atomic E-state index is 14.0. The van der Waals surface area contributed by atoms with E-state index in [2.05, 4.69) is 81.0 Å². The van der Waals surface area contributed by atoms with Gasteiger partial charge in [0.05, 0.1) is 164 Å². The molecule has 8 amide bonds. The van der Waals surface area contributed by atoms with Crippen LogP contribution in [-0.2, 0) is 116 Å². The molecule has 43 nitrogen and oxygen atoms in total. The van der Waals surface area contributed by atoms with E-state index in [1.54, 1.807) is 0 Å². The summed E-state index contributed by atoms with van der Waals surface area (Å²) in [6, 6.07) is 6.30. The van der Waals surface area contributed by atoms with Crippen molar-refractivity contribution >= 4 is 55.8 Å². The maximum atomic E-state index is 14.0. The Kier molecular flexibility index (Phi) is 52.4. The summed E-state index contributed by atoms with van der Waals surface area (Å²) >= 11 is 0. The van der Waals surface area contributed by atoms with Crippen LogP contribution in [0.5, 0.6) is 5.75 Å². The normalized spacial score (nSPS) is 23.6. The molecular formula is C74H127N10O33P. The van der Waals surface area contributed by atoms with E-state index in [1.807, 2.05) is 24.3 Å². The molecule has 16 atom stereocenters. The lowest BCUT2D eigenvalue weighted by Crippen LogP contribution is -2.64. The van der Waals surface area contributed by atoms with Gasteiger partial charge in [-0.25, -0.2) is 4.67 Å². The van der Waals surface area contributed by atoms with Gasteiger partial charge in [0.15, 0.2) is 18.9 Å². The van der Waals surface area contributed by atoms with Crippen molar-refractivity contribution < 1.29 is 160 Å². The van der Waals surface area contributed by atoms with Gasteiger partial charge in [-0.3, -0.25) is 38.4 Å². The molecule has 676 valence electrons. The lowest BCUT2D eigenvalue weighted by Gasteiger charge is -2.42. The highest BCUT2D eigenvalue weighted by Gasteiger charge is 2.48. The molecule has 44 heteroatoms. The van der Waals surface area contributed by atoms with Crippen LogP contribution in [0, 0.1) is 11.3 Å². The minimum absolute atomic E-state index is 0.0149. The number of benzene rings is 1. The Labute approximate surface area is 688 Å². The third-order valence-corrected chi connectivity index (χ3v) is 19.8. The summed E-state index contributed by atoms with van der Waals surface area (Å²) in [7, 11) is -1.49. The van der Waals surface area contributed by atoms with E-state index in [0.717, 1.165) is 5.56 Å². The first-order valence-corrected chi connectivity index (χ1v) is 40.6. The van der Waals surface area contributed by atoms with Crippen molar-refractivity contribution in [2.24, 2.45) is 0 Å². The highest BCUT2D eigenvalue weighted by molar-refractivity contribution is 7.45. The molecule has 0 aliphatic carbocycles. The monoisotopic (exact) mass is 1710 g/mol. The number of hydrogen-bond donors (Lipinski definition) is 17. The second-order valence-electron chi connectivity index (χ2n) is 28.1. The zero-order valence-electron chi connectivity index (χ0n) is 68.3. The summed E-state index contributed by atoms with van der Waals surface area (Å²) in [6.07, 6.45) is -16.2. The van der Waals surface area contributed by atoms with E-state index in [9.17, 15) is 84.3 Å². The number of carbonyl (C=O) groups is 8. The number of nitrogens with one attached hydrogen (secondary N) is 8. The predicted molar refractivity (Wildman–Crippen MR) is 412 cm³/mol. The summed E-state index contributed by atoms with van der Waals surface area (Å²) in [5.41, 5.74) is -0.633. The van der Waals surface area contributed by atoms with Crippen molar-refractivity contribution in [2.45, 2.75) is 203 Å². The van der Waals surface area contributed by atoms with Gasteiger partial charge in [-0.15, -0.1) is 0 Å². The number of rotatable bonds is 63. The fourth-order valence-electron chi connectivity index (χ4n) is 11.9. The van der Waals surface area contributed by atoms with Crippen LogP contribution in [0.3, 0.4) is 0 Å². The van der Waals surface area contributed by atoms with E-state index < -0.39 is 167 Å². The van der Waals surface area contributed by atoms with Crippen molar-refractivity contribution in [1.82, 2.24) is 47.2 Å². The van der Waals surface area contributed by atoms with Crippen molar-refractivity contribution in [2.75, 3.05) is 178 Å². The number of aliphatic hydroxyl groups is 9. The number of carbonyl (C=O) groups excluding carboxylic acids is 8. The topological polar surface area (TPSA) is 590 Å². The molecule has 3 aliphatic rings. The third-order valence-electron chi connectivity index (χ3n) is 17.8. The quantitative estimate of drug-likeness (QED) is 0.0213. The predicted octanol–water partition coefficient (Wildman–Crippen LogP) is -5.83. The SMILES string of the molecule is CC(=O)N[C@H]1[C@H](OCCOCCNC(=O)CCOCC(COCCC(=O)NCCOCCO[C@@H]2O[C@H](CO)[C@H](O)[C@H](O)[C@H]2NC(C)=O)(COCCC(=O)NCCOCCO[C@@H]2O[C@H](CO)[C@H](O)[C@H](O)[C@H]2NC(C)=O)NC(=O)CCOCCOCCNC(=O)CCc2ccc(OP(OCCC#N)N(C(C)C)C(C)C)cc2)O[C@H](CO)[C@H](O)[C@@H]1O. The van der Waals surface area contributed by atoms with Crippen LogP contribution in [0.15, 0.2) is 24.3 Å². The summed E-state index contributed by atoms with van der Waals surface area (Å²) in [5.74, 6) is -3.11. The van der Waals surface area contributed by atoms with E-state index in [4.69, 9.17) is 80.6 Å². The zero-order valence-corrected chi connectivity index (χ0v) is 69.2. The van der Waals surface area contributed by atoms with Gasteiger partial charge in [0.2, 0.25) is 47.3 Å². The first-order chi connectivity index (χ1) is 56.6. The Balaban J connectivity index is 1.34. The molecule has 3 heterocycles. The maximum Gasteiger partial charge on any atom is 0.321 e. The Morgan fingerprint density at radius 2 is 0.763 bits per heavy atom. The van der Waals surface area contributed by atoms with Crippen molar-refractivity contribution in [3.8, 4) is 11.8 Å². The Bertz CT molecular complexity index is 2860. The van der Waals surface area contributed by atoms with Crippen molar-refractivity contribution in [1.29, 1.82) is 5.26 Å². The average Bonchev–Trinajstić information content (AvgIpc) is 0.820. The van der Waals surface area contributed by atoms with Gasteiger partial charge in [0.25, 0.3) is 0 Å². The van der Waals surface area contributed by atoms with Crippen molar-refractivity contribution in [3.63, 3.8) is 0 Å². The van der Waals surface area contributed by atoms with Crippen LogP contribution in [0.2, 0.25) is 0 Å². The lowest BCUT2D eigenvalue weighted by molar-refractivity contribution is -0.272. The van der Waals surface area contributed by atoms with E-state index in [0.29, 0.717) is 12.2 Å². The first-order valence-electron chi connectivity index (χ1n) is 39.5. The average molecular weight is 1720 g/mol. The molecule has 1 unspecified atom stereocenters. The molecule has 3 aliphatic heterocycles. The second kappa shape index (κ2) is 59.4. The molecule has 0 aromatic heterocycles. The molecule has 17 N–H and O–H groups in total. The molecule has 3 saturated heterocycles. The van der Waals surface area contributed by atoms with Crippen LogP contribution >= 0.6 is 8.53 Å². The fraction of sp³-hybridized carbons (Fsp3) is 0.797. The smallest absolute Gasteiger partial charge is 0.321 e. The fourth-order valence-corrected chi connectivity index (χ4v) is 13.5. The van der Waals surface area contributed by atoms with Gasteiger partial charge in [0.1, 0.15) is 84.3 Å². The van der Waals surface area contributed by atoms with Gasteiger partial charge in [-0.05, 0) is 51.8 Å². The lowest BCUT2D eigenvalue weighted by atomic mass is 9.97. The molecule has 0 radical (unpaired) electrons. The second-order valence-corrected chi connectivity index (χ2v) is 29.5. The number of ether oxygens (including phenoxy) is 14. The number of nitrogens with zero attached hydrogens (tertiary/aromatic N) is 2. The number of hydrogen-bond acceptors (Lipinski definition) is 35. The Morgan fingerprint density at radius 3 is 1.09 bits per heavy atom.